The van der Waals surface area contributed by atoms with E-state index in [4.69, 9.17) is 5.73 Å². The lowest BCUT2D eigenvalue weighted by atomic mass is 10.1. The predicted octanol–water partition coefficient (Wildman–Crippen LogP) is 3.57. The van der Waals surface area contributed by atoms with Crippen LogP contribution in [0.5, 0.6) is 0 Å². The summed E-state index contributed by atoms with van der Waals surface area (Å²) >= 11 is 2.45. The second-order valence-corrected chi connectivity index (χ2v) is 10.4. The van der Waals surface area contributed by atoms with Crippen molar-refractivity contribution in [2.24, 2.45) is 5.92 Å². The maximum absolute atomic E-state index is 13.8. The van der Waals surface area contributed by atoms with E-state index >= 15 is 0 Å². The highest BCUT2D eigenvalue weighted by atomic mass is 32.1. The van der Waals surface area contributed by atoms with Gasteiger partial charge in [-0.2, -0.15) is 0 Å². The van der Waals surface area contributed by atoms with Crippen molar-refractivity contribution in [1.29, 1.82) is 0 Å². The van der Waals surface area contributed by atoms with Gasteiger partial charge in [-0.25, -0.2) is 9.37 Å². The Morgan fingerprint density at radius 1 is 1.21 bits per heavy atom. The number of anilines is 1. The molecule has 3 heterocycles. The van der Waals surface area contributed by atoms with Crippen LogP contribution in [0, 0.1) is 11.7 Å². The van der Waals surface area contributed by atoms with Gasteiger partial charge in [-0.15, -0.1) is 5.10 Å². The lowest BCUT2D eigenvalue weighted by Gasteiger charge is -2.27. The zero-order chi connectivity index (χ0) is 23.4. The SMILES string of the molecule is Nc1nc(C(=O)N2[C@H](CNC(=O)c3ccc4snnc4c3)C[C@@H]3C[C@@H]32)c(-c2cccc(F)c2)s1. The molecular formula is C23H19FN6O2S2. The molecule has 0 bridgehead atoms. The normalized spacial score (nSPS) is 21.0. The molecule has 2 aromatic carbocycles. The van der Waals surface area contributed by atoms with Crippen LogP contribution in [0.1, 0.15) is 33.7 Å². The topological polar surface area (TPSA) is 114 Å². The molecule has 2 fully saturated rings. The van der Waals surface area contributed by atoms with Gasteiger partial charge in [0.05, 0.1) is 15.6 Å². The fraction of sp³-hybridized carbons (Fsp3) is 0.261. The fourth-order valence-electron chi connectivity index (χ4n) is 4.72. The molecule has 2 amide bonds. The molecule has 2 aliphatic rings. The summed E-state index contributed by atoms with van der Waals surface area (Å²) in [6, 6.07) is 11.3. The van der Waals surface area contributed by atoms with Gasteiger partial charge in [-0.3, -0.25) is 9.59 Å². The standard InChI is InChI=1S/C23H19FN6O2S2/c24-14-3-1-2-11(6-14)20-19(27-23(25)33-20)22(32)30-15(7-13-9-17(13)30)10-26-21(31)12-4-5-18-16(8-12)28-29-34-18/h1-6,8,13,15,17H,7,9-10H2,(H2,25,27)(H,26,31)/t13-,15+,17+/m1/s1. The number of hydrogen-bond donors (Lipinski definition) is 2. The van der Waals surface area contributed by atoms with Gasteiger partial charge in [0.25, 0.3) is 11.8 Å². The van der Waals surface area contributed by atoms with Crippen molar-refractivity contribution >= 4 is 50.0 Å². The number of nitrogens with two attached hydrogens (primary N) is 1. The molecule has 1 aliphatic heterocycles. The summed E-state index contributed by atoms with van der Waals surface area (Å²) in [5.74, 6) is -0.414. The minimum absolute atomic E-state index is 0.134. The van der Waals surface area contributed by atoms with Crippen LogP contribution in [-0.2, 0) is 0 Å². The van der Waals surface area contributed by atoms with Crippen LogP contribution >= 0.6 is 22.9 Å². The first-order valence-electron chi connectivity index (χ1n) is 10.8. The molecule has 4 aromatic rings. The van der Waals surface area contributed by atoms with E-state index in [1.54, 1.807) is 24.3 Å². The lowest BCUT2D eigenvalue weighted by molar-refractivity contribution is 0.0685. The van der Waals surface area contributed by atoms with Crippen LogP contribution in [0.2, 0.25) is 0 Å². The molecule has 2 aromatic heterocycles. The number of fused-ring (bicyclic) bond motifs is 2. The third kappa shape index (κ3) is 3.70. The zero-order valence-corrected chi connectivity index (χ0v) is 19.4. The Hall–Kier alpha value is -3.44. The summed E-state index contributed by atoms with van der Waals surface area (Å²) in [6.45, 7) is 0.333. The summed E-state index contributed by atoms with van der Waals surface area (Å²) in [4.78, 5) is 33.1. The Kier molecular flexibility index (Phi) is 5.03. The summed E-state index contributed by atoms with van der Waals surface area (Å²) in [7, 11) is 0. The molecule has 8 nitrogen and oxygen atoms in total. The van der Waals surface area contributed by atoms with Gasteiger partial charge in [0.1, 0.15) is 17.0 Å². The predicted molar refractivity (Wildman–Crippen MR) is 128 cm³/mol. The second kappa shape index (κ2) is 8.10. The first-order valence-corrected chi connectivity index (χ1v) is 12.4. The number of rotatable bonds is 5. The summed E-state index contributed by atoms with van der Waals surface area (Å²) in [5.41, 5.74) is 7.93. The van der Waals surface area contributed by atoms with Crippen molar-refractivity contribution in [3.05, 3.63) is 59.5 Å². The highest BCUT2D eigenvalue weighted by Crippen LogP contribution is 2.49. The maximum atomic E-state index is 13.8. The number of nitrogen functional groups attached to an aromatic ring is 1. The van der Waals surface area contributed by atoms with E-state index in [-0.39, 0.29) is 34.7 Å². The van der Waals surface area contributed by atoms with Crippen molar-refractivity contribution in [3.63, 3.8) is 0 Å². The molecule has 3 N–H and O–H groups in total. The first-order chi connectivity index (χ1) is 16.5. The van der Waals surface area contributed by atoms with Gasteiger partial charge in [-0.05, 0) is 66.2 Å². The van der Waals surface area contributed by atoms with E-state index in [1.807, 2.05) is 11.0 Å². The third-order valence-corrected chi connectivity index (χ3v) is 8.02. The van der Waals surface area contributed by atoms with Crippen molar-refractivity contribution in [1.82, 2.24) is 24.8 Å². The van der Waals surface area contributed by atoms with Crippen LogP contribution < -0.4 is 11.1 Å². The summed E-state index contributed by atoms with van der Waals surface area (Å²) < 4.78 is 18.6. The van der Waals surface area contributed by atoms with Crippen LogP contribution in [0.15, 0.2) is 42.5 Å². The van der Waals surface area contributed by atoms with Gasteiger partial charge in [-0.1, -0.05) is 28.0 Å². The quantitative estimate of drug-likeness (QED) is 0.438. The molecule has 11 heteroatoms. The van der Waals surface area contributed by atoms with Crippen molar-refractivity contribution in [2.75, 3.05) is 12.3 Å². The highest BCUT2D eigenvalue weighted by Gasteiger charge is 2.54. The van der Waals surface area contributed by atoms with E-state index in [2.05, 4.69) is 19.9 Å². The van der Waals surface area contributed by atoms with E-state index < -0.39 is 5.82 Å². The number of nitrogens with one attached hydrogen (secondary N) is 1. The Morgan fingerprint density at radius 2 is 2.09 bits per heavy atom. The highest BCUT2D eigenvalue weighted by molar-refractivity contribution is 7.19. The number of aromatic nitrogens is 3. The van der Waals surface area contributed by atoms with Crippen LogP contribution in [0.3, 0.4) is 0 Å². The molecule has 6 rings (SSSR count). The number of hydrogen-bond acceptors (Lipinski definition) is 8. The molecule has 34 heavy (non-hydrogen) atoms. The molecule has 0 unspecified atom stereocenters. The van der Waals surface area contributed by atoms with E-state index in [0.717, 1.165) is 17.5 Å². The van der Waals surface area contributed by atoms with Crippen molar-refractivity contribution in [3.8, 4) is 10.4 Å². The number of carbonyl (C=O) groups is 2. The molecular weight excluding hydrogens is 475 g/mol. The number of carbonyl (C=O) groups excluding carboxylic acids is 2. The van der Waals surface area contributed by atoms with E-state index in [9.17, 15) is 14.0 Å². The van der Waals surface area contributed by atoms with E-state index in [1.165, 1.54) is 35.0 Å². The molecule has 0 spiro atoms. The van der Waals surface area contributed by atoms with Gasteiger partial charge in [0.15, 0.2) is 5.13 Å². The number of piperidine rings is 1. The van der Waals surface area contributed by atoms with Crippen molar-refractivity contribution < 1.29 is 14.0 Å². The largest absolute Gasteiger partial charge is 0.375 e. The molecule has 0 radical (unpaired) electrons. The second-order valence-electron chi connectivity index (χ2n) is 8.57. The Morgan fingerprint density at radius 3 is 2.94 bits per heavy atom. The molecule has 3 atom stereocenters. The Balaban J connectivity index is 1.22. The van der Waals surface area contributed by atoms with Crippen LogP contribution in [-0.4, -0.2) is 49.9 Å². The number of likely N-dealkylation sites (tertiary alicyclic amines) is 1. The van der Waals surface area contributed by atoms with Gasteiger partial charge < -0.3 is 16.0 Å². The van der Waals surface area contributed by atoms with Crippen LogP contribution in [0.4, 0.5) is 9.52 Å². The minimum atomic E-state index is -0.390. The Bertz CT molecular complexity index is 1440. The van der Waals surface area contributed by atoms with Crippen LogP contribution in [0.25, 0.3) is 20.7 Å². The van der Waals surface area contributed by atoms with Gasteiger partial charge in [0, 0.05) is 18.2 Å². The number of nitrogens with zero attached hydrogens (tertiary/aromatic N) is 4. The average Bonchev–Trinajstić information content (AvgIpc) is 3.18. The number of amides is 2. The Labute approximate surface area is 201 Å². The maximum Gasteiger partial charge on any atom is 0.274 e. The van der Waals surface area contributed by atoms with Crippen molar-refractivity contribution in [2.45, 2.75) is 24.9 Å². The first kappa shape index (κ1) is 21.1. The fourth-order valence-corrected chi connectivity index (χ4v) is 6.08. The van der Waals surface area contributed by atoms with Gasteiger partial charge in [0.2, 0.25) is 0 Å². The lowest BCUT2D eigenvalue weighted by Crippen LogP contribution is -2.45. The smallest absolute Gasteiger partial charge is 0.274 e. The number of thiazole rings is 1. The minimum Gasteiger partial charge on any atom is -0.375 e. The third-order valence-electron chi connectivity index (χ3n) is 6.39. The van der Waals surface area contributed by atoms with Gasteiger partial charge >= 0.3 is 0 Å². The average molecular weight is 495 g/mol. The zero-order valence-electron chi connectivity index (χ0n) is 17.8. The molecule has 1 aliphatic carbocycles. The summed E-state index contributed by atoms with van der Waals surface area (Å²) in [5, 5.41) is 7.24. The van der Waals surface area contributed by atoms with E-state index in [0.29, 0.717) is 34.0 Å². The molecule has 1 saturated heterocycles. The number of benzene rings is 2. The molecule has 172 valence electrons. The monoisotopic (exact) mass is 494 g/mol. The molecule has 1 saturated carbocycles. The summed E-state index contributed by atoms with van der Waals surface area (Å²) in [6.07, 6.45) is 1.76. The number of halogens is 1.